The standard InChI is InChI=1S/C15H23BN2O5/c1-14(2)15(3,4)23-16(22-14)11(7-12(19)20-5)10-8-17-13(21-6)18-9-10/h8-9,11H,7H2,1-6H3. The van der Waals surface area contributed by atoms with E-state index in [2.05, 4.69) is 9.97 Å². The molecule has 0 bridgehead atoms. The first-order valence-corrected chi connectivity index (χ1v) is 7.48. The third-order valence-corrected chi connectivity index (χ3v) is 4.47. The molecule has 1 unspecified atom stereocenters. The number of carbonyl (C=O) groups excluding carboxylic acids is 1. The molecule has 2 heterocycles. The summed E-state index contributed by atoms with van der Waals surface area (Å²) in [5, 5.41) is 0. The molecule has 1 aliphatic heterocycles. The molecule has 23 heavy (non-hydrogen) atoms. The van der Waals surface area contributed by atoms with Crippen LogP contribution in [-0.2, 0) is 18.8 Å². The van der Waals surface area contributed by atoms with Gasteiger partial charge < -0.3 is 18.8 Å². The maximum absolute atomic E-state index is 11.8. The Bertz CT molecular complexity index is 545. The quantitative estimate of drug-likeness (QED) is 0.603. The number of hydrogen-bond acceptors (Lipinski definition) is 7. The summed E-state index contributed by atoms with van der Waals surface area (Å²) in [7, 11) is 2.26. The number of aromatic nitrogens is 2. The average molecular weight is 322 g/mol. The summed E-state index contributed by atoms with van der Waals surface area (Å²) >= 11 is 0. The third-order valence-electron chi connectivity index (χ3n) is 4.47. The number of rotatable bonds is 5. The van der Waals surface area contributed by atoms with E-state index in [-0.39, 0.29) is 24.2 Å². The van der Waals surface area contributed by atoms with Crippen LogP contribution in [0.15, 0.2) is 12.4 Å². The summed E-state index contributed by atoms with van der Waals surface area (Å²) in [6, 6.07) is 0.263. The number of methoxy groups -OCH3 is 2. The molecule has 0 N–H and O–H groups in total. The van der Waals surface area contributed by atoms with E-state index in [1.165, 1.54) is 14.2 Å². The van der Waals surface area contributed by atoms with Crippen LogP contribution in [0.3, 0.4) is 0 Å². The van der Waals surface area contributed by atoms with Gasteiger partial charge in [0.15, 0.2) is 0 Å². The van der Waals surface area contributed by atoms with Gasteiger partial charge in [0, 0.05) is 18.2 Å². The number of ether oxygens (including phenoxy) is 2. The molecular weight excluding hydrogens is 299 g/mol. The minimum absolute atomic E-state index is 0.114. The molecule has 1 aromatic rings. The Morgan fingerprint density at radius 1 is 1.17 bits per heavy atom. The Hall–Kier alpha value is -1.67. The van der Waals surface area contributed by atoms with Gasteiger partial charge in [-0.3, -0.25) is 4.79 Å². The van der Waals surface area contributed by atoms with E-state index in [0.29, 0.717) is 0 Å². The Morgan fingerprint density at radius 2 is 1.70 bits per heavy atom. The maximum atomic E-state index is 11.8. The lowest BCUT2D eigenvalue weighted by Gasteiger charge is -2.32. The highest BCUT2D eigenvalue weighted by Crippen LogP contribution is 2.41. The maximum Gasteiger partial charge on any atom is 0.466 e. The first kappa shape index (κ1) is 17.7. The van der Waals surface area contributed by atoms with Gasteiger partial charge in [0.25, 0.3) is 0 Å². The predicted molar refractivity (Wildman–Crippen MR) is 84.0 cm³/mol. The Labute approximate surface area is 136 Å². The minimum Gasteiger partial charge on any atom is -0.469 e. The molecule has 1 atom stereocenters. The Balaban J connectivity index is 2.29. The lowest BCUT2D eigenvalue weighted by Crippen LogP contribution is -2.41. The van der Waals surface area contributed by atoms with Gasteiger partial charge in [-0.1, -0.05) is 0 Å². The van der Waals surface area contributed by atoms with Crippen molar-refractivity contribution in [1.29, 1.82) is 0 Å². The molecule has 0 aliphatic carbocycles. The Kier molecular flexibility index (Phi) is 4.96. The summed E-state index contributed by atoms with van der Waals surface area (Å²) in [6.07, 6.45) is 3.35. The van der Waals surface area contributed by atoms with Gasteiger partial charge in [-0.15, -0.1) is 0 Å². The molecule has 7 nitrogen and oxygen atoms in total. The second-order valence-corrected chi connectivity index (χ2v) is 6.51. The van der Waals surface area contributed by atoms with Crippen LogP contribution >= 0.6 is 0 Å². The second kappa shape index (κ2) is 6.45. The molecule has 0 radical (unpaired) electrons. The van der Waals surface area contributed by atoms with Gasteiger partial charge in [-0.05, 0) is 33.3 Å². The molecule has 2 rings (SSSR count). The van der Waals surface area contributed by atoms with Crippen molar-refractivity contribution in [2.24, 2.45) is 0 Å². The zero-order chi connectivity index (χ0) is 17.3. The van der Waals surface area contributed by atoms with Gasteiger partial charge in [-0.25, -0.2) is 9.97 Å². The smallest absolute Gasteiger partial charge is 0.466 e. The molecule has 1 aromatic heterocycles. The van der Waals surface area contributed by atoms with Crippen LogP contribution < -0.4 is 4.74 Å². The fourth-order valence-electron chi connectivity index (χ4n) is 2.31. The van der Waals surface area contributed by atoms with Gasteiger partial charge >= 0.3 is 19.1 Å². The summed E-state index contributed by atoms with van der Waals surface area (Å²) in [5.41, 5.74) is -0.242. The molecule has 0 spiro atoms. The van der Waals surface area contributed by atoms with Crippen LogP contribution in [0.2, 0.25) is 0 Å². The fourth-order valence-corrected chi connectivity index (χ4v) is 2.31. The molecule has 126 valence electrons. The molecule has 1 aliphatic rings. The lowest BCUT2D eigenvalue weighted by atomic mass is 9.67. The van der Waals surface area contributed by atoms with Crippen LogP contribution in [-0.4, -0.2) is 48.5 Å². The second-order valence-electron chi connectivity index (χ2n) is 6.51. The molecule has 1 fully saturated rings. The molecule has 0 aromatic carbocycles. The number of nitrogens with zero attached hydrogens (tertiary/aromatic N) is 2. The largest absolute Gasteiger partial charge is 0.469 e. The van der Waals surface area contributed by atoms with E-state index in [1.807, 2.05) is 27.7 Å². The first-order chi connectivity index (χ1) is 10.7. The van der Waals surface area contributed by atoms with Gasteiger partial charge in [-0.2, -0.15) is 0 Å². The van der Waals surface area contributed by atoms with Crippen molar-refractivity contribution in [3.63, 3.8) is 0 Å². The van der Waals surface area contributed by atoms with E-state index in [0.717, 1.165) is 5.56 Å². The summed E-state index contributed by atoms with van der Waals surface area (Å²) in [5.74, 6) is -0.713. The van der Waals surface area contributed by atoms with Crippen LogP contribution in [0.1, 0.15) is 45.5 Å². The first-order valence-electron chi connectivity index (χ1n) is 7.48. The highest BCUT2D eigenvalue weighted by molar-refractivity contribution is 6.48. The molecule has 1 saturated heterocycles. The summed E-state index contributed by atoms with van der Waals surface area (Å²) in [6.45, 7) is 7.86. The zero-order valence-electron chi connectivity index (χ0n) is 14.5. The number of hydrogen-bond donors (Lipinski definition) is 0. The lowest BCUT2D eigenvalue weighted by molar-refractivity contribution is -0.140. The van der Waals surface area contributed by atoms with Crippen molar-refractivity contribution in [1.82, 2.24) is 9.97 Å². The van der Waals surface area contributed by atoms with Crippen molar-refractivity contribution in [3.8, 4) is 6.01 Å². The zero-order valence-corrected chi connectivity index (χ0v) is 14.5. The third kappa shape index (κ3) is 3.64. The van der Waals surface area contributed by atoms with Crippen LogP contribution in [0.4, 0.5) is 0 Å². The molecule has 8 heteroatoms. The van der Waals surface area contributed by atoms with E-state index < -0.39 is 18.3 Å². The highest BCUT2D eigenvalue weighted by atomic mass is 16.7. The average Bonchev–Trinajstić information content (AvgIpc) is 2.72. The van der Waals surface area contributed by atoms with E-state index in [4.69, 9.17) is 18.8 Å². The SMILES string of the molecule is COC(=O)CC(B1OC(C)(C)C(C)(C)O1)c1cnc(OC)nc1. The molecular formula is C15H23BN2O5. The normalized spacial score (nSPS) is 20.2. The monoisotopic (exact) mass is 322 g/mol. The minimum atomic E-state index is -0.587. The molecule has 0 saturated carbocycles. The van der Waals surface area contributed by atoms with E-state index >= 15 is 0 Å². The number of esters is 1. The predicted octanol–water partition coefficient (Wildman–Crippen LogP) is 1.76. The van der Waals surface area contributed by atoms with Crippen molar-refractivity contribution in [2.45, 2.75) is 51.1 Å². The van der Waals surface area contributed by atoms with Crippen LogP contribution in [0.25, 0.3) is 0 Å². The van der Waals surface area contributed by atoms with Crippen LogP contribution in [0, 0.1) is 0 Å². The number of carbonyl (C=O) groups is 1. The van der Waals surface area contributed by atoms with E-state index in [1.54, 1.807) is 12.4 Å². The van der Waals surface area contributed by atoms with Gasteiger partial charge in [0.1, 0.15) is 0 Å². The van der Waals surface area contributed by atoms with Crippen molar-refractivity contribution in [3.05, 3.63) is 18.0 Å². The van der Waals surface area contributed by atoms with Gasteiger partial charge in [0.2, 0.25) is 0 Å². The summed E-state index contributed by atoms with van der Waals surface area (Å²) in [4.78, 5) is 20.0. The van der Waals surface area contributed by atoms with E-state index in [9.17, 15) is 4.79 Å². The van der Waals surface area contributed by atoms with Gasteiger partial charge in [0.05, 0.1) is 31.8 Å². The van der Waals surface area contributed by atoms with Crippen LogP contribution in [0.5, 0.6) is 6.01 Å². The summed E-state index contributed by atoms with van der Waals surface area (Å²) < 4.78 is 21.9. The Morgan fingerprint density at radius 3 is 2.13 bits per heavy atom. The van der Waals surface area contributed by atoms with Crippen molar-refractivity contribution < 1.29 is 23.6 Å². The molecule has 0 amide bonds. The topological polar surface area (TPSA) is 79.8 Å². The fraction of sp³-hybridized carbons (Fsp3) is 0.667. The highest BCUT2D eigenvalue weighted by Gasteiger charge is 2.54. The van der Waals surface area contributed by atoms with Crippen molar-refractivity contribution in [2.75, 3.05) is 14.2 Å². The van der Waals surface area contributed by atoms with Crippen molar-refractivity contribution >= 4 is 13.1 Å².